The van der Waals surface area contributed by atoms with Gasteiger partial charge in [0, 0.05) is 23.9 Å². The van der Waals surface area contributed by atoms with Crippen molar-refractivity contribution in [2.45, 2.75) is 19.6 Å². The number of fused-ring (bicyclic) bond motifs is 2. The zero-order chi connectivity index (χ0) is 20.5. The fourth-order valence-corrected chi connectivity index (χ4v) is 3.68. The lowest BCUT2D eigenvalue weighted by molar-refractivity contribution is 0.100. The summed E-state index contributed by atoms with van der Waals surface area (Å²) in [5.74, 6) is 0.726. The zero-order valence-corrected chi connectivity index (χ0v) is 16.2. The molecular weight excluding hydrogens is 380 g/mol. The quantitative estimate of drug-likeness (QED) is 0.474. The Morgan fingerprint density at radius 2 is 2.00 bits per heavy atom. The first-order chi connectivity index (χ1) is 14.7. The number of nitrogens with one attached hydrogen (secondary N) is 2. The Morgan fingerprint density at radius 3 is 2.83 bits per heavy atom. The molecule has 0 saturated heterocycles. The van der Waals surface area contributed by atoms with Gasteiger partial charge in [-0.2, -0.15) is 5.10 Å². The molecule has 0 unspecified atom stereocenters. The van der Waals surface area contributed by atoms with E-state index in [4.69, 9.17) is 20.4 Å². The molecule has 150 valence electrons. The molecule has 8 nitrogen and oxygen atoms in total. The van der Waals surface area contributed by atoms with Gasteiger partial charge in [0.15, 0.2) is 5.82 Å². The van der Waals surface area contributed by atoms with E-state index in [1.165, 1.54) is 0 Å². The number of carbonyl (C=O) groups is 1. The Balaban J connectivity index is 1.58. The predicted octanol–water partition coefficient (Wildman–Crippen LogP) is 2.80. The third kappa shape index (κ3) is 3.27. The smallest absolute Gasteiger partial charge is 0.250 e. The maximum atomic E-state index is 11.7. The molecule has 0 spiro atoms. The van der Waals surface area contributed by atoms with Crippen molar-refractivity contribution in [3.8, 4) is 11.5 Å². The van der Waals surface area contributed by atoms with Crippen LogP contribution in [0.4, 0.5) is 5.82 Å². The number of aromatic amines is 1. The molecule has 4 N–H and O–H groups in total. The van der Waals surface area contributed by atoms with Crippen molar-refractivity contribution in [2.24, 2.45) is 5.73 Å². The molecule has 0 radical (unpaired) electrons. The van der Waals surface area contributed by atoms with E-state index in [-0.39, 0.29) is 0 Å². The Kier molecular flexibility index (Phi) is 4.61. The number of primary amides is 1. The number of carbonyl (C=O) groups excluding carboxylic acids is 1. The van der Waals surface area contributed by atoms with Crippen LogP contribution in [0.2, 0.25) is 0 Å². The number of anilines is 1. The highest BCUT2D eigenvalue weighted by atomic mass is 16.5. The minimum atomic E-state index is -0.510. The van der Waals surface area contributed by atoms with Crippen LogP contribution in [0.5, 0.6) is 0 Å². The van der Waals surface area contributed by atoms with Crippen molar-refractivity contribution in [3.63, 3.8) is 0 Å². The van der Waals surface area contributed by atoms with Gasteiger partial charge in [-0.05, 0) is 11.6 Å². The van der Waals surface area contributed by atoms with Crippen LogP contribution in [0.1, 0.15) is 27.2 Å². The fourth-order valence-electron chi connectivity index (χ4n) is 3.68. The molecule has 1 aliphatic heterocycles. The summed E-state index contributed by atoms with van der Waals surface area (Å²) in [5.41, 5.74) is 10.1. The van der Waals surface area contributed by atoms with Gasteiger partial charge in [0.25, 0.3) is 5.91 Å². The van der Waals surface area contributed by atoms with Gasteiger partial charge in [-0.25, -0.2) is 9.97 Å². The summed E-state index contributed by atoms with van der Waals surface area (Å²) in [4.78, 5) is 21.3. The van der Waals surface area contributed by atoms with Gasteiger partial charge in [0.1, 0.15) is 11.5 Å². The van der Waals surface area contributed by atoms with Crippen molar-refractivity contribution in [1.29, 1.82) is 0 Å². The highest BCUT2D eigenvalue weighted by Crippen LogP contribution is 2.30. The van der Waals surface area contributed by atoms with E-state index in [1.54, 1.807) is 12.1 Å². The van der Waals surface area contributed by atoms with Crippen LogP contribution in [0.3, 0.4) is 0 Å². The summed E-state index contributed by atoms with van der Waals surface area (Å²) in [7, 11) is 0. The van der Waals surface area contributed by atoms with Gasteiger partial charge in [-0.1, -0.05) is 42.5 Å². The largest absolute Gasteiger partial charge is 0.376 e. The van der Waals surface area contributed by atoms with E-state index in [1.807, 2.05) is 24.3 Å². The summed E-state index contributed by atoms with van der Waals surface area (Å²) >= 11 is 0. The molecule has 2 aromatic heterocycles. The highest BCUT2D eigenvalue weighted by molar-refractivity contribution is 6.07. The van der Waals surface area contributed by atoms with Crippen molar-refractivity contribution < 1.29 is 9.53 Å². The van der Waals surface area contributed by atoms with Gasteiger partial charge in [-0.3, -0.25) is 9.89 Å². The topological polar surface area (TPSA) is 119 Å². The Bertz CT molecular complexity index is 1240. The van der Waals surface area contributed by atoms with Crippen LogP contribution in [0, 0.1) is 0 Å². The van der Waals surface area contributed by atoms with Gasteiger partial charge in [0.05, 0.1) is 30.0 Å². The van der Waals surface area contributed by atoms with Crippen LogP contribution >= 0.6 is 0 Å². The van der Waals surface area contributed by atoms with E-state index in [0.29, 0.717) is 48.8 Å². The number of rotatable bonds is 5. The average molecular weight is 400 g/mol. The number of H-pyrrole nitrogens is 1. The summed E-state index contributed by atoms with van der Waals surface area (Å²) in [5, 5.41) is 11.5. The Hall–Kier alpha value is -3.78. The number of nitrogens with two attached hydrogens (primary N) is 1. The maximum absolute atomic E-state index is 11.7. The van der Waals surface area contributed by atoms with Crippen molar-refractivity contribution in [2.75, 3.05) is 11.9 Å². The second-order valence-corrected chi connectivity index (χ2v) is 7.13. The molecule has 0 aliphatic carbocycles. The second-order valence-electron chi connectivity index (χ2n) is 7.13. The molecule has 8 heteroatoms. The minimum absolute atomic E-state index is 0.389. The SMILES string of the molecule is NC(=O)c1cccc2c(-c3nc4c(c(NCc5ccccc5)n3)COCC4)n[nH]c12. The maximum Gasteiger partial charge on any atom is 0.250 e. The normalized spacial score (nSPS) is 13.2. The standard InChI is InChI=1S/C22H20N6O2/c23-20(29)15-8-4-7-14-18(15)27-28-19(14)22-25-17-9-10-30-12-16(17)21(26-22)24-11-13-5-2-1-3-6-13/h1-8H,9-12H2,(H2,23,29)(H,27,28)(H,24,25,26). The summed E-state index contributed by atoms with van der Waals surface area (Å²) in [6.45, 7) is 1.73. The first kappa shape index (κ1) is 18.3. The van der Waals surface area contributed by atoms with Crippen molar-refractivity contribution in [3.05, 3.63) is 70.9 Å². The number of nitrogens with zero attached hydrogens (tertiary/aromatic N) is 3. The first-order valence-electron chi connectivity index (χ1n) is 9.73. The zero-order valence-electron chi connectivity index (χ0n) is 16.2. The molecule has 2 aromatic carbocycles. The first-order valence-corrected chi connectivity index (χ1v) is 9.73. The van der Waals surface area contributed by atoms with E-state index in [9.17, 15) is 4.79 Å². The number of para-hydroxylation sites is 1. The molecule has 0 fully saturated rings. The minimum Gasteiger partial charge on any atom is -0.376 e. The van der Waals surface area contributed by atoms with Crippen LogP contribution < -0.4 is 11.1 Å². The summed E-state index contributed by atoms with van der Waals surface area (Å²) in [6.07, 6.45) is 0.708. The monoisotopic (exact) mass is 400 g/mol. The summed E-state index contributed by atoms with van der Waals surface area (Å²) in [6, 6.07) is 15.5. The third-order valence-electron chi connectivity index (χ3n) is 5.20. The molecule has 1 aliphatic rings. The molecule has 0 saturated carbocycles. The number of benzene rings is 2. The van der Waals surface area contributed by atoms with Crippen LogP contribution in [-0.4, -0.2) is 32.7 Å². The fraction of sp³-hybridized carbons (Fsp3) is 0.182. The lowest BCUT2D eigenvalue weighted by atomic mass is 10.1. The number of hydrogen-bond donors (Lipinski definition) is 3. The number of hydrogen-bond acceptors (Lipinski definition) is 6. The average Bonchev–Trinajstić information content (AvgIpc) is 3.22. The van der Waals surface area contributed by atoms with Gasteiger partial charge < -0.3 is 15.8 Å². The summed E-state index contributed by atoms with van der Waals surface area (Å²) < 4.78 is 5.64. The van der Waals surface area contributed by atoms with Crippen molar-refractivity contribution in [1.82, 2.24) is 20.2 Å². The van der Waals surface area contributed by atoms with Gasteiger partial charge in [0.2, 0.25) is 0 Å². The van der Waals surface area contributed by atoms with Crippen LogP contribution in [0.15, 0.2) is 48.5 Å². The van der Waals surface area contributed by atoms with E-state index >= 15 is 0 Å². The molecule has 30 heavy (non-hydrogen) atoms. The predicted molar refractivity (Wildman–Crippen MR) is 113 cm³/mol. The van der Waals surface area contributed by atoms with Crippen LogP contribution in [-0.2, 0) is 24.3 Å². The molecule has 0 bridgehead atoms. The van der Waals surface area contributed by atoms with Gasteiger partial charge >= 0.3 is 0 Å². The van der Waals surface area contributed by atoms with Crippen molar-refractivity contribution >= 4 is 22.6 Å². The second kappa shape index (κ2) is 7.57. The molecular formula is C22H20N6O2. The van der Waals surface area contributed by atoms with Crippen LogP contribution in [0.25, 0.3) is 22.4 Å². The number of amides is 1. The number of ether oxygens (including phenoxy) is 1. The highest BCUT2D eigenvalue weighted by Gasteiger charge is 2.22. The van der Waals surface area contributed by atoms with E-state index < -0.39 is 5.91 Å². The Morgan fingerprint density at radius 1 is 1.13 bits per heavy atom. The lowest BCUT2D eigenvalue weighted by Crippen LogP contribution is -2.17. The van der Waals surface area contributed by atoms with E-state index in [2.05, 4.69) is 27.6 Å². The Labute approximate surface area is 172 Å². The molecule has 4 aromatic rings. The lowest BCUT2D eigenvalue weighted by Gasteiger charge is -2.20. The van der Waals surface area contributed by atoms with Gasteiger partial charge in [-0.15, -0.1) is 0 Å². The number of aromatic nitrogens is 4. The third-order valence-corrected chi connectivity index (χ3v) is 5.20. The molecule has 5 rings (SSSR count). The molecule has 3 heterocycles. The van der Waals surface area contributed by atoms with E-state index in [0.717, 1.165) is 28.0 Å². The molecule has 1 amide bonds. The molecule has 0 atom stereocenters.